The maximum Gasteiger partial charge on any atom is 0.165 e. The summed E-state index contributed by atoms with van der Waals surface area (Å²) < 4.78 is 13.9. The number of phenols is 1. The average Bonchev–Trinajstić information content (AvgIpc) is 2.55. The van der Waals surface area contributed by atoms with Crippen molar-refractivity contribution in [1.29, 1.82) is 0 Å². The van der Waals surface area contributed by atoms with Crippen LogP contribution in [0.3, 0.4) is 0 Å². The Labute approximate surface area is 140 Å². The van der Waals surface area contributed by atoms with Crippen LogP contribution in [0.2, 0.25) is 0 Å². The lowest BCUT2D eigenvalue weighted by Crippen LogP contribution is -2.49. The highest BCUT2D eigenvalue weighted by molar-refractivity contribution is 6.13. The Bertz CT molecular complexity index is 818. The number of ketones is 2. The molecule has 0 bridgehead atoms. The van der Waals surface area contributed by atoms with Crippen molar-refractivity contribution in [3.05, 3.63) is 65.5 Å². The third kappa shape index (κ3) is 2.09. The number of hydrogen-bond acceptors (Lipinski definition) is 3. The second-order valence-electron chi connectivity index (χ2n) is 6.65. The summed E-state index contributed by atoms with van der Waals surface area (Å²) in [5.74, 6) is -2.62. The van der Waals surface area contributed by atoms with Crippen molar-refractivity contribution >= 4 is 11.6 Å². The van der Waals surface area contributed by atoms with Crippen molar-refractivity contribution in [3.63, 3.8) is 0 Å². The number of fused-ring (bicyclic) bond motifs is 1. The first kappa shape index (κ1) is 16.4. The van der Waals surface area contributed by atoms with Crippen molar-refractivity contribution < 1.29 is 19.1 Å². The molecule has 0 aliphatic heterocycles. The summed E-state index contributed by atoms with van der Waals surface area (Å²) in [6.45, 7) is 7.15. The minimum atomic E-state index is -1.07. The molecule has 24 heavy (non-hydrogen) atoms. The Balaban J connectivity index is 2.28. The van der Waals surface area contributed by atoms with Crippen LogP contribution in [0, 0.1) is 17.2 Å². The molecule has 0 heterocycles. The topological polar surface area (TPSA) is 54.4 Å². The van der Waals surface area contributed by atoms with Crippen LogP contribution in [0.5, 0.6) is 5.75 Å². The molecule has 2 aliphatic carbocycles. The maximum absolute atomic E-state index is 13.9. The molecule has 0 fully saturated rings. The summed E-state index contributed by atoms with van der Waals surface area (Å²) in [5.41, 5.74) is 0.409. The third-order valence-electron chi connectivity index (χ3n) is 5.39. The number of para-hydroxylation sites is 1. The molecule has 3 nitrogen and oxygen atoms in total. The standard InChI is InChI=1S/C20H19FO3/c1-4-12-8-9-14-18(23)11(2)10-16(22)20(14,3)17(12)13-6-5-7-15(21)19(13)24/h4-8,10,14,17,24H,1,9H2,2-3H3/t14-,17+,20-/m0/s1. The fourth-order valence-corrected chi connectivity index (χ4v) is 4.02. The average molecular weight is 326 g/mol. The highest BCUT2D eigenvalue weighted by Gasteiger charge is 2.55. The zero-order valence-corrected chi connectivity index (χ0v) is 13.7. The van der Waals surface area contributed by atoms with Crippen molar-refractivity contribution in [2.45, 2.75) is 26.2 Å². The van der Waals surface area contributed by atoms with Gasteiger partial charge in [0.05, 0.1) is 5.41 Å². The zero-order chi connectivity index (χ0) is 17.6. The lowest BCUT2D eigenvalue weighted by atomic mass is 9.53. The number of hydrogen-bond donors (Lipinski definition) is 1. The number of carbonyl (C=O) groups excluding carboxylic acids is 2. The van der Waals surface area contributed by atoms with Gasteiger partial charge in [0, 0.05) is 17.4 Å². The van der Waals surface area contributed by atoms with Crippen LogP contribution in [-0.2, 0) is 9.59 Å². The zero-order valence-electron chi connectivity index (χ0n) is 13.7. The van der Waals surface area contributed by atoms with Gasteiger partial charge in [0.15, 0.2) is 23.1 Å². The molecule has 0 spiro atoms. The van der Waals surface area contributed by atoms with Gasteiger partial charge in [-0.25, -0.2) is 4.39 Å². The van der Waals surface area contributed by atoms with E-state index < -0.39 is 28.8 Å². The maximum atomic E-state index is 13.9. The van der Waals surface area contributed by atoms with Gasteiger partial charge < -0.3 is 5.11 Å². The Hall–Kier alpha value is -2.49. The summed E-state index contributed by atoms with van der Waals surface area (Å²) in [5, 5.41) is 10.2. The molecule has 0 radical (unpaired) electrons. The van der Waals surface area contributed by atoms with E-state index in [1.807, 2.05) is 6.08 Å². The van der Waals surface area contributed by atoms with Crippen molar-refractivity contribution in [2.24, 2.45) is 11.3 Å². The molecule has 3 rings (SSSR count). The third-order valence-corrected chi connectivity index (χ3v) is 5.39. The highest BCUT2D eigenvalue weighted by Crippen LogP contribution is 2.56. The van der Waals surface area contributed by atoms with E-state index in [0.717, 1.165) is 11.6 Å². The van der Waals surface area contributed by atoms with Gasteiger partial charge in [-0.3, -0.25) is 9.59 Å². The normalized spacial score (nSPS) is 29.6. The monoisotopic (exact) mass is 326 g/mol. The quantitative estimate of drug-likeness (QED) is 0.898. The van der Waals surface area contributed by atoms with Crippen LogP contribution >= 0.6 is 0 Å². The predicted octanol–water partition coefficient (Wildman–Crippen LogP) is 3.85. The highest BCUT2D eigenvalue weighted by atomic mass is 19.1. The van der Waals surface area contributed by atoms with Crippen LogP contribution in [0.15, 0.2) is 54.2 Å². The number of rotatable bonds is 2. The van der Waals surface area contributed by atoms with E-state index in [4.69, 9.17) is 0 Å². The van der Waals surface area contributed by atoms with E-state index >= 15 is 0 Å². The largest absolute Gasteiger partial charge is 0.505 e. The Morgan fingerprint density at radius 2 is 2.08 bits per heavy atom. The summed E-state index contributed by atoms with van der Waals surface area (Å²) in [4.78, 5) is 25.5. The van der Waals surface area contributed by atoms with Crippen molar-refractivity contribution in [2.75, 3.05) is 0 Å². The van der Waals surface area contributed by atoms with Gasteiger partial charge in [0.25, 0.3) is 0 Å². The number of Topliss-reactive ketones (excluding diaryl/α,β-unsaturated/α-hetero) is 1. The SMILES string of the molecule is C=CC1=CC[C@H]2C(=O)C(C)=CC(=O)[C@@]2(C)[C@H]1c1cccc(F)c1O. The molecule has 1 aromatic rings. The molecule has 124 valence electrons. The fraction of sp³-hybridized carbons (Fsp3) is 0.300. The molecule has 0 saturated heterocycles. The first-order valence-corrected chi connectivity index (χ1v) is 7.89. The van der Waals surface area contributed by atoms with Gasteiger partial charge in [0.1, 0.15) is 0 Å². The van der Waals surface area contributed by atoms with Gasteiger partial charge in [-0.1, -0.05) is 37.8 Å². The minimum absolute atomic E-state index is 0.0719. The van der Waals surface area contributed by atoms with Gasteiger partial charge >= 0.3 is 0 Å². The fourth-order valence-electron chi connectivity index (χ4n) is 4.02. The van der Waals surface area contributed by atoms with E-state index in [1.165, 1.54) is 12.1 Å². The second-order valence-corrected chi connectivity index (χ2v) is 6.65. The van der Waals surface area contributed by atoms with Gasteiger partial charge in [0.2, 0.25) is 0 Å². The summed E-state index contributed by atoms with van der Waals surface area (Å²) in [6, 6.07) is 4.25. The molecule has 1 N–H and O–H groups in total. The molecule has 0 amide bonds. The molecule has 2 aliphatic rings. The number of phenolic OH excluding ortho intramolecular Hbond substituents is 1. The van der Waals surface area contributed by atoms with Crippen LogP contribution < -0.4 is 0 Å². The van der Waals surface area contributed by atoms with Crippen molar-refractivity contribution in [3.8, 4) is 5.75 Å². The predicted molar refractivity (Wildman–Crippen MR) is 89.1 cm³/mol. The smallest absolute Gasteiger partial charge is 0.165 e. The molecule has 0 saturated carbocycles. The Morgan fingerprint density at radius 1 is 1.38 bits per heavy atom. The number of benzene rings is 1. The first-order chi connectivity index (χ1) is 11.3. The lowest BCUT2D eigenvalue weighted by molar-refractivity contribution is -0.137. The van der Waals surface area contributed by atoms with Crippen LogP contribution in [0.1, 0.15) is 31.7 Å². The molecular weight excluding hydrogens is 307 g/mol. The van der Waals surface area contributed by atoms with Crippen molar-refractivity contribution in [1.82, 2.24) is 0 Å². The summed E-state index contributed by atoms with van der Waals surface area (Å²) >= 11 is 0. The van der Waals surface area contributed by atoms with E-state index in [2.05, 4.69) is 6.58 Å². The molecular formula is C20H19FO3. The molecule has 4 heteroatoms. The van der Waals surface area contributed by atoms with E-state index in [0.29, 0.717) is 17.6 Å². The van der Waals surface area contributed by atoms with Gasteiger partial charge in [-0.2, -0.15) is 0 Å². The molecule has 0 unspecified atom stereocenters. The second kappa shape index (κ2) is 5.55. The van der Waals surface area contributed by atoms with Crippen LogP contribution in [0.25, 0.3) is 0 Å². The molecule has 3 atom stereocenters. The van der Waals surface area contributed by atoms with Gasteiger partial charge in [-0.05, 0) is 36.6 Å². The van der Waals surface area contributed by atoms with E-state index in [-0.39, 0.29) is 11.6 Å². The number of halogens is 1. The van der Waals surface area contributed by atoms with Gasteiger partial charge in [-0.15, -0.1) is 0 Å². The number of carbonyl (C=O) groups is 2. The van der Waals surface area contributed by atoms with E-state index in [9.17, 15) is 19.1 Å². The van der Waals surface area contributed by atoms with E-state index in [1.54, 1.807) is 26.0 Å². The van der Waals surface area contributed by atoms with Crippen LogP contribution in [0.4, 0.5) is 4.39 Å². The molecule has 1 aromatic carbocycles. The van der Waals surface area contributed by atoms with Crippen LogP contribution in [-0.4, -0.2) is 16.7 Å². The molecule has 0 aromatic heterocycles. The Kier molecular flexibility index (Phi) is 3.78. The lowest BCUT2D eigenvalue weighted by Gasteiger charge is -2.47. The summed E-state index contributed by atoms with van der Waals surface area (Å²) in [7, 11) is 0. The minimum Gasteiger partial charge on any atom is -0.505 e. The Morgan fingerprint density at radius 3 is 2.75 bits per heavy atom. The number of allylic oxidation sites excluding steroid dienone is 5. The summed E-state index contributed by atoms with van der Waals surface area (Å²) in [6.07, 6.45) is 5.27. The number of aromatic hydroxyl groups is 1. The first-order valence-electron chi connectivity index (χ1n) is 7.89.